The van der Waals surface area contributed by atoms with Crippen LogP contribution < -0.4 is 5.56 Å². The predicted molar refractivity (Wildman–Crippen MR) is 84.8 cm³/mol. The molecule has 4 nitrogen and oxygen atoms in total. The number of hydrogen-bond acceptors (Lipinski definition) is 4. The summed E-state index contributed by atoms with van der Waals surface area (Å²) in [6.45, 7) is 0.740. The highest BCUT2D eigenvalue weighted by molar-refractivity contribution is 14.1. The van der Waals surface area contributed by atoms with Crippen molar-refractivity contribution >= 4 is 34.4 Å². The Kier molecular flexibility index (Phi) is 4.48. The molecule has 104 valence electrons. The van der Waals surface area contributed by atoms with E-state index >= 15 is 0 Å². The van der Waals surface area contributed by atoms with Crippen molar-refractivity contribution in [3.8, 4) is 0 Å². The zero-order valence-corrected chi connectivity index (χ0v) is 13.6. The van der Waals surface area contributed by atoms with Crippen molar-refractivity contribution in [2.45, 2.75) is 37.7 Å². The van der Waals surface area contributed by atoms with Gasteiger partial charge in [-0.1, -0.05) is 12.8 Å². The normalized spacial score (nSPS) is 24.8. The van der Waals surface area contributed by atoms with Crippen LogP contribution in [0.4, 0.5) is 0 Å². The molecule has 1 saturated heterocycles. The van der Waals surface area contributed by atoms with E-state index in [0.29, 0.717) is 5.92 Å². The number of aromatic nitrogens is 2. The zero-order valence-electron chi connectivity index (χ0n) is 10.7. The molecule has 1 saturated carbocycles. The third kappa shape index (κ3) is 3.00. The van der Waals surface area contributed by atoms with Crippen LogP contribution in [0.5, 0.6) is 0 Å². The molecule has 0 spiro atoms. The van der Waals surface area contributed by atoms with E-state index in [1.165, 1.54) is 12.8 Å². The van der Waals surface area contributed by atoms with Gasteiger partial charge in [-0.05, 0) is 35.4 Å². The Balaban J connectivity index is 1.94. The second-order valence-electron chi connectivity index (χ2n) is 5.07. The summed E-state index contributed by atoms with van der Waals surface area (Å²) >= 11 is 3.99. The molecule has 19 heavy (non-hydrogen) atoms. The van der Waals surface area contributed by atoms with Crippen molar-refractivity contribution in [3.63, 3.8) is 0 Å². The molecule has 1 aromatic heterocycles. The Morgan fingerprint density at radius 2 is 2.16 bits per heavy atom. The quantitative estimate of drug-likeness (QED) is 0.787. The molecule has 2 fully saturated rings. The van der Waals surface area contributed by atoms with Gasteiger partial charge in [-0.15, -0.1) is 0 Å². The van der Waals surface area contributed by atoms with E-state index in [4.69, 9.17) is 9.72 Å². The first-order valence-corrected chi connectivity index (χ1v) is 8.98. The minimum Gasteiger partial charge on any atom is -0.369 e. The summed E-state index contributed by atoms with van der Waals surface area (Å²) in [5.41, 5.74) is 0.989. The van der Waals surface area contributed by atoms with Crippen molar-refractivity contribution in [2.24, 2.45) is 0 Å². The van der Waals surface area contributed by atoms with Crippen LogP contribution in [0.25, 0.3) is 0 Å². The first-order chi connectivity index (χ1) is 9.25. The summed E-state index contributed by atoms with van der Waals surface area (Å²) in [4.78, 5) is 19.7. The molecule has 1 aliphatic carbocycles. The van der Waals surface area contributed by atoms with E-state index in [-0.39, 0.29) is 11.7 Å². The fourth-order valence-electron chi connectivity index (χ4n) is 2.76. The van der Waals surface area contributed by atoms with Crippen molar-refractivity contribution in [2.75, 3.05) is 18.1 Å². The number of thioether (sulfide) groups is 1. The minimum atomic E-state index is -0.0522. The zero-order chi connectivity index (χ0) is 13.2. The molecule has 1 atom stereocenters. The number of nitrogens with one attached hydrogen (secondary N) is 1. The van der Waals surface area contributed by atoms with Crippen LogP contribution in [0.15, 0.2) is 4.79 Å². The second-order valence-corrected chi connectivity index (χ2v) is 7.29. The standard InChI is InChI=1S/C13H17IN2O2S/c14-10-11(8-3-1-2-4-8)15-12(16-13(10)17)9-7-19-6-5-18-9/h8-9H,1-7H2,(H,15,16,17). The number of hydrogen-bond donors (Lipinski definition) is 1. The fourth-order valence-corrected chi connectivity index (χ4v) is 4.31. The largest absolute Gasteiger partial charge is 0.369 e. The van der Waals surface area contributed by atoms with Crippen molar-refractivity contribution in [3.05, 3.63) is 25.4 Å². The van der Waals surface area contributed by atoms with Gasteiger partial charge in [0.1, 0.15) is 11.9 Å². The molecule has 2 aliphatic rings. The maximum atomic E-state index is 12.1. The lowest BCUT2D eigenvalue weighted by atomic mass is 10.0. The van der Waals surface area contributed by atoms with E-state index in [0.717, 1.165) is 46.0 Å². The number of H-pyrrole nitrogens is 1. The lowest BCUT2D eigenvalue weighted by Gasteiger charge is -2.22. The van der Waals surface area contributed by atoms with E-state index in [9.17, 15) is 4.79 Å². The highest BCUT2D eigenvalue weighted by Gasteiger charge is 2.26. The van der Waals surface area contributed by atoms with Gasteiger partial charge >= 0.3 is 0 Å². The smallest absolute Gasteiger partial charge is 0.264 e. The number of halogens is 1. The Morgan fingerprint density at radius 3 is 2.84 bits per heavy atom. The Hall–Kier alpha value is -0.0800. The maximum Gasteiger partial charge on any atom is 0.264 e. The van der Waals surface area contributed by atoms with Gasteiger partial charge in [0.2, 0.25) is 0 Å². The van der Waals surface area contributed by atoms with Gasteiger partial charge in [0, 0.05) is 17.4 Å². The number of nitrogens with zero attached hydrogens (tertiary/aromatic N) is 1. The predicted octanol–water partition coefficient (Wildman–Crippen LogP) is 2.84. The Bertz CT molecular complexity index is 508. The summed E-state index contributed by atoms with van der Waals surface area (Å²) in [5.74, 6) is 3.09. The average molecular weight is 392 g/mol. The molecule has 1 N–H and O–H groups in total. The number of ether oxygens (including phenoxy) is 1. The third-order valence-electron chi connectivity index (χ3n) is 3.77. The summed E-state index contributed by atoms with van der Waals surface area (Å²) in [6, 6.07) is 0. The molecule has 0 bridgehead atoms. The molecule has 0 aromatic carbocycles. The highest BCUT2D eigenvalue weighted by atomic mass is 127. The van der Waals surface area contributed by atoms with Gasteiger partial charge in [-0.3, -0.25) is 4.79 Å². The van der Waals surface area contributed by atoms with Crippen molar-refractivity contribution < 1.29 is 4.74 Å². The molecular formula is C13H17IN2O2S. The average Bonchev–Trinajstić information content (AvgIpc) is 2.96. The van der Waals surface area contributed by atoms with Crippen LogP contribution in [-0.2, 0) is 4.74 Å². The van der Waals surface area contributed by atoms with Crippen molar-refractivity contribution in [1.82, 2.24) is 9.97 Å². The first-order valence-electron chi connectivity index (χ1n) is 6.74. The third-order valence-corrected chi connectivity index (χ3v) is 5.81. The lowest BCUT2D eigenvalue weighted by molar-refractivity contribution is 0.0689. The van der Waals surface area contributed by atoms with Crippen LogP contribution in [-0.4, -0.2) is 28.1 Å². The summed E-state index contributed by atoms with van der Waals surface area (Å²) in [7, 11) is 0. The first kappa shape index (κ1) is 13.9. The van der Waals surface area contributed by atoms with E-state index in [1.807, 2.05) is 11.8 Å². The molecular weight excluding hydrogens is 375 g/mol. The topological polar surface area (TPSA) is 55.0 Å². The number of rotatable bonds is 2. The van der Waals surface area contributed by atoms with Gasteiger partial charge in [-0.2, -0.15) is 11.8 Å². The van der Waals surface area contributed by atoms with Crippen LogP contribution in [0.3, 0.4) is 0 Å². The van der Waals surface area contributed by atoms with Crippen LogP contribution in [0.1, 0.15) is 49.2 Å². The lowest BCUT2D eigenvalue weighted by Crippen LogP contribution is -2.25. The van der Waals surface area contributed by atoms with Crippen molar-refractivity contribution in [1.29, 1.82) is 0 Å². The SMILES string of the molecule is O=c1[nH]c(C2CSCCO2)nc(C2CCCC2)c1I. The second kappa shape index (κ2) is 6.13. The molecule has 1 aliphatic heterocycles. The number of aromatic amines is 1. The maximum absolute atomic E-state index is 12.1. The highest BCUT2D eigenvalue weighted by Crippen LogP contribution is 2.35. The summed E-state index contributed by atoms with van der Waals surface area (Å²) in [6.07, 6.45) is 4.77. The van der Waals surface area contributed by atoms with E-state index < -0.39 is 0 Å². The Morgan fingerprint density at radius 1 is 1.37 bits per heavy atom. The monoisotopic (exact) mass is 392 g/mol. The Labute approximate surface area is 130 Å². The van der Waals surface area contributed by atoms with Gasteiger partial charge in [0.15, 0.2) is 0 Å². The molecule has 3 rings (SSSR count). The van der Waals surface area contributed by atoms with E-state index in [1.54, 1.807) is 0 Å². The molecule has 6 heteroatoms. The van der Waals surface area contributed by atoms with Gasteiger partial charge in [0.05, 0.1) is 15.9 Å². The molecule has 2 heterocycles. The van der Waals surface area contributed by atoms with Gasteiger partial charge in [-0.25, -0.2) is 4.98 Å². The van der Waals surface area contributed by atoms with Gasteiger partial charge in [0.25, 0.3) is 5.56 Å². The van der Waals surface area contributed by atoms with Crippen LogP contribution in [0.2, 0.25) is 0 Å². The fraction of sp³-hybridized carbons (Fsp3) is 0.692. The molecule has 1 unspecified atom stereocenters. The molecule has 0 radical (unpaired) electrons. The summed E-state index contributed by atoms with van der Waals surface area (Å²) < 4.78 is 6.48. The minimum absolute atomic E-state index is 0.00771. The summed E-state index contributed by atoms with van der Waals surface area (Å²) in [5, 5.41) is 0. The molecule has 0 amide bonds. The van der Waals surface area contributed by atoms with Crippen LogP contribution in [0, 0.1) is 3.57 Å². The van der Waals surface area contributed by atoms with Gasteiger partial charge < -0.3 is 9.72 Å². The van der Waals surface area contributed by atoms with E-state index in [2.05, 4.69) is 27.6 Å². The molecule has 1 aromatic rings. The van der Waals surface area contributed by atoms with Crippen LogP contribution >= 0.6 is 34.4 Å².